The zero-order valence-corrected chi connectivity index (χ0v) is 14.4. The first kappa shape index (κ1) is 16.9. The van der Waals surface area contributed by atoms with Gasteiger partial charge >= 0.3 is 0 Å². The lowest BCUT2D eigenvalue weighted by Gasteiger charge is -2.47. The molecule has 0 radical (unpaired) electrons. The van der Waals surface area contributed by atoms with E-state index in [4.69, 9.17) is 0 Å². The van der Waals surface area contributed by atoms with Gasteiger partial charge in [0.2, 0.25) is 11.8 Å². The third kappa shape index (κ3) is 3.45. The first-order valence-corrected chi connectivity index (χ1v) is 8.78. The van der Waals surface area contributed by atoms with E-state index in [1.165, 1.54) is 12.1 Å². The lowest BCUT2D eigenvalue weighted by Crippen LogP contribution is -2.57. The molecule has 1 aromatic carbocycles. The number of nitrogens with zero attached hydrogens (tertiary/aromatic N) is 2. The Morgan fingerprint density at radius 2 is 2.12 bits per heavy atom. The van der Waals surface area contributed by atoms with Gasteiger partial charge in [0.05, 0.1) is 0 Å². The first-order valence-electron chi connectivity index (χ1n) is 8.78. The molecular weight excluding hydrogens is 307 g/mol. The highest BCUT2D eigenvalue weighted by atomic mass is 19.1. The summed E-state index contributed by atoms with van der Waals surface area (Å²) in [5.41, 5.74) is 0.824. The summed E-state index contributed by atoms with van der Waals surface area (Å²) in [4.78, 5) is 28.5. The zero-order chi connectivity index (χ0) is 17.3. The van der Waals surface area contributed by atoms with E-state index in [-0.39, 0.29) is 29.6 Å². The molecule has 0 unspecified atom stereocenters. The van der Waals surface area contributed by atoms with Crippen molar-refractivity contribution in [2.45, 2.75) is 45.7 Å². The zero-order valence-electron chi connectivity index (χ0n) is 14.4. The molecule has 0 bridgehead atoms. The van der Waals surface area contributed by atoms with Gasteiger partial charge in [0.1, 0.15) is 5.82 Å². The summed E-state index contributed by atoms with van der Waals surface area (Å²) in [5.74, 6) is 0.403. The maximum Gasteiger partial charge on any atom is 0.225 e. The van der Waals surface area contributed by atoms with Crippen molar-refractivity contribution in [1.82, 2.24) is 9.80 Å². The molecule has 2 amide bonds. The average Bonchev–Trinajstić information content (AvgIpc) is 2.56. The minimum Gasteiger partial charge on any atom is -0.342 e. The maximum atomic E-state index is 13.4. The Balaban J connectivity index is 1.72. The number of hydrogen-bond donors (Lipinski definition) is 0. The Kier molecular flexibility index (Phi) is 4.88. The topological polar surface area (TPSA) is 40.6 Å². The van der Waals surface area contributed by atoms with Crippen molar-refractivity contribution in [3.63, 3.8) is 0 Å². The molecule has 2 aliphatic rings. The number of halogens is 1. The molecule has 24 heavy (non-hydrogen) atoms. The van der Waals surface area contributed by atoms with Gasteiger partial charge in [-0.3, -0.25) is 9.59 Å². The summed E-state index contributed by atoms with van der Waals surface area (Å²) in [6.45, 7) is 5.74. The van der Waals surface area contributed by atoms with Crippen LogP contribution in [0.5, 0.6) is 0 Å². The summed E-state index contributed by atoms with van der Waals surface area (Å²) in [5, 5.41) is 0. The number of carbonyl (C=O) groups is 2. The monoisotopic (exact) mass is 332 g/mol. The van der Waals surface area contributed by atoms with Crippen LogP contribution in [-0.2, 0) is 16.1 Å². The van der Waals surface area contributed by atoms with Crippen LogP contribution in [0, 0.1) is 17.7 Å². The molecule has 130 valence electrons. The summed E-state index contributed by atoms with van der Waals surface area (Å²) >= 11 is 0. The minimum absolute atomic E-state index is 0.00942. The van der Waals surface area contributed by atoms with Crippen LogP contribution in [-0.4, -0.2) is 40.7 Å². The number of piperidine rings is 2. The fourth-order valence-corrected chi connectivity index (χ4v) is 3.95. The van der Waals surface area contributed by atoms with E-state index >= 15 is 0 Å². The third-order valence-electron chi connectivity index (χ3n) is 5.19. The van der Waals surface area contributed by atoms with E-state index in [1.54, 1.807) is 6.07 Å². The van der Waals surface area contributed by atoms with Crippen molar-refractivity contribution in [3.05, 3.63) is 35.6 Å². The summed E-state index contributed by atoms with van der Waals surface area (Å²) in [7, 11) is 0. The molecule has 5 heteroatoms. The van der Waals surface area contributed by atoms with Crippen molar-refractivity contribution < 1.29 is 14.0 Å². The number of rotatable bonds is 3. The first-order chi connectivity index (χ1) is 11.5. The average molecular weight is 332 g/mol. The van der Waals surface area contributed by atoms with Crippen molar-refractivity contribution in [2.24, 2.45) is 11.8 Å². The fraction of sp³-hybridized carbons (Fsp3) is 0.579. The van der Waals surface area contributed by atoms with Gasteiger partial charge in [-0.25, -0.2) is 4.39 Å². The highest BCUT2D eigenvalue weighted by Crippen LogP contribution is 2.32. The second-order valence-corrected chi connectivity index (χ2v) is 7.25. The Hall–Kier alpha value is -1.91. The molecule has 4 nitrogen and oxygen atoms in total. The van der Waals surface area contributed by atoms with E-state index in [9.17, 15) is 14.0 Å². The van der Waals surface area contributed by atoms with E-state index in [0.717, 1.165) is 24.9 Å². The van der Waals surface area contributed by atoms with Gasteiger partial charge < -0.3 is 9.80 Å². The van der Waals surface area contributed by atoms with Crippen LogP contribution in [0.25, 0.3) is 0 Å². The number of benzene rings is 1. The smallest absolute Gasteiger partial charge is 0.225 e. The highest BCUT2D eigenvalue weighted by Gasteiger charge is 2.40. The Labute approximate surface area is 142 Å². The second kappa shape index (κ2) is 6.91. The quantitative estimate of drug-likeness (QED) is 0.854. The predicted molar refractivity (Wildman–Crippen MR) is 89.5 cm³/mol. The number of hydrogen-bond acceptors (Lipinski definition) is 2. The Morgan fingerprint density at radius 3 is 2.83 bits per heavy atom. The lowest BCUT2D eigenvalue weighted by atomic mass is 9.83. The molecule has 0 aliphatic carbocycles. The molecule has 0 aromatic heterocycles. The molecule has 2 heterocycles. The van der Waals surface area contributed by atoms with Crippen molar-refractivity contribution in [1.29, 1.82) is 0 Å². The lowest BCUT2D eigenvalue weighted by molar-refractivity contribution is -0.146. The molecule has 0 N–H and O–H groups in total. The van der Waals surface area contributed by atoms with E-state index < -0.39 is 0 Å². The van der Waals surface area contributed by atoms with Gasteiger partial charge in [-0.2, -0.15) is 0 Å². The number of carbonyl (C=O) groups excluding carboxylic acids is 2. The molecular formula is C19H25FN2O2. The van der Waals surface area contributed by atoms with Crippen molar-refractivity contribution >= 4 is 11.8 Å². The fourth-order valence-electron chi connectivity index (χ4n) is 3.95. The summed E-state index contributed by atoms with van der Waals surface area (Å²) < 4.78 is 13.4. The molecule has 0 saturated carbocycles. The highest BCUT2D eigenvalue weighted by molar-refractivity contribution is 5.79. The molecule has 3 rings (SSSR count). The molecule has 1 aromatic rings. The van der Waals surface area contributed by atoms with Crippen LogP contribution in [0.1, 0.15) is 38.7 Å². The second-order valence-electron chi connectivity index (χ2n) is 7.25. The van der Waals surface area contributed by atoms with Gasteiger partial charge in [0.15, 0.2) is 0 Å². The van der Waals surface area contributed by atoms with Gasteiger partial charge in [-0.1, -0.05) is 26.0 Å². The van der Waals surface area contributed by atoms with E-state index in [1.807, 2.05) is 29.7 Å². The normalized spacial score (nSPS) is 24.2. The SMILES string of the molecule is CC(C)C(=O)N1CC[C@H]2[C@H](CCC(=O)N2Cc2cccc(F)c2)C1. The Morgan fingerprint density at radius 1 is 1.33 bits per heavy atom. The van der Waals surface area contributed by atoms with Gasteiger partial charge in [0.25, 0.3) is 0 Å². The van der Waals surface area contributed by atoms with Crippen LogP contribution in [0.15, 0.2) is 24.3 Å². The van der Waals surface area contributed by atoms with E-state index in [0.29, 0.717) is 25.4 Å². The van der Waals surface area contributed by atoms with Crippen molar-refractivity contribution in [3.8, 4) is 0 Å². The van der Waals surface area contributed by atoms with Crippen LogP contribution >= 0.6 is 0 Å². The standard InChI is InChI=1S/C19H25FN2O2/c1-13(2)19(24)21-9-8-17-15(12-21)6-7-18(23)22(17)11-14-4-3-5-16(20)10-14/h3-5,10,13,15,17H,6-9,11-12H2,1-2H3/t15-,17+/m1/s1. The molecule has 2 atom stereocenters. The van der Waals surface area contributed by atoms with Gasteiger partial charge in [0, 0.05) is 38.0 Å². The van der Waals surface area contributed by atoms with Crippen molar-refractivity contribution in [2.75, 3.05) is 13.1 Å². The van der Waals surface area contributed by atoms with Crippen LogP contribution in [0.3, 0.4) is 0 Å². The third-order valence-corrected chi connectivity index (χ3v) is 5.19. The van der Waals surface area contributed by atoms with E-state index in [2.05, 4.69) is 0 Å². The summed E-state index contributed by atoms with van der Waals surface area (Å²) in [6.07, 6.45) is 2.16. The Bertz CT molecular complexity index is 632. The predicted octanol–water partition coefficient (Wildman–Crippen LogP) is 2.82. The summed E-state index contributed by atoms with van der Waals surface area (Å²) in [6, 6.07) is 6.61. The van der Waals surface area contributed by atoms with Crippen LogP contribution in [0.4, 0.5) is 4.39 Å². The van der Waals surface area contributed by atoms with Crippen LogP contribution < -0.4 is 0 Å². The van der Waals surface area contributed by atoms with Gasteiger partial charge in [-0.15, -0.1) is 0 Å². The largest absolute Gasteiger partial charge is 0.342 e. The van der Waals surface area contributed by atoms with Gasteiger partial charge in [-0.05, 0) is 36.5 Å². The number of likely N-dealkylation sites (tertiary alicyclic amines) is 2. The molecule has 0 spiro atoms. The molecule has 2 fully saturated rings. The number of amides is 2. The minimum atomic E-state index is -0.272. The molecule has 2 saturated heterocycles. The maximum absolute atomic E-state index is 13.4. The molecule has 2 aliphatic heterocycles. The van der Waals surface area contributed by atoms with Crippen LogP contribution in [0.2, 0.25) is 0 Å². The number of fused-ring (bicyclic) bond motifs is 1.